The van der Waals surface area contributed by atoms with Crippen LogP contribution in [0.25, 0.3) is 0 Å². The average molecular weight is 455 g/mol. The van der Waals surface area contributed by atoms with Gasteiger partial charge in [0.1, 0.15) is 5.75 Å². The fourth-order valence-corrected chi connectivity index (χ4v) is 4.16. The van der Waals surface area contributed by atoms with Crippen molar-refractivity contribution in [2.75, 3.05) is 0 Å². The van der Waals surface area contributed by atoms with E-state index in [2.05, 4.69) is 6.92 Å². The number of carbonyl (C=O) groups excluding carboxylic acids is 1. The highest BCUT2D eigenvalue weighted by molar-refractivity contribution is 7.85. The molecule has 0 fully saturated rings. The van der Waals surface area contributed by atoms with Crippen molar-refractivity contribution in [2.45, 2.75) is 121 Å². The van der Waals surface area contributed by atoms with Gasteiger partial charge in [0.2, 0.25) is 0 Å². The first-order chi connectivity index (χ1) is 14.9. The van der Waals surface area contributed by atoms with Gasteiger partial charge in [-0.2, -0.15) is 8.42 Å². The van der Waals surface area contributed by atoms with E-state index in [1.165, 1.54) is 108 Å². The van der Waals surface area contributed by atoms with Crippen molar-refractivity contribution in [1.29, 1.82) is 0 Å². The molecule has 1 N–H and O–H groups in total. The Kier molecular flexibility index (Phi) is 15.3. The van der Waals surface area contributed by atoms with Crippen molar-refractivity contribution in [2.24, 2.45) is 0 Å². The molecule has 0 saturated heterocycles. The highest BCUT2D eigenvalue weighted by Crippen LogP contribution is 2.17. The molecule has 6 heteroatoms. The molecule has 0 saturated carbocycles. The Morgan fingerprint density at radius 2 is 1.10 bits per heavy atom. The second kappa shape index (κ2) is 17.2. The van der Waals surface area contributed by atoms with Gasteiger partial charge in [0.25, 0.3) is 10.1 Å². The van der Waals surface area contributed by atoms with Crippen LogP contribution < -0.4 is 4.74 Å². The summed E-state index contributed by atoms with van der Waals surface area (Å²) in [6.45, 7) is 2.26. The van der Waals surface area contributed by atoms with Gasteiger partial charge in [-0.15, -0.1) is 0 Å². The number of unbranched alkanes of at least 4 members (excludes halogenated alkanes) is 15. The quantitative estimate of drug-likeness (QED) is 0.101. The summed E-state index contributed by atoms with van der Waals surface area (Å²) in [6, 6.07) is 5.17. The molecular formula is C25H42O5S. The first-order valence-electron chi connectivity index (χ1n) is 12.2. The molecule has 0 aliphatic rings. The Morgan fingerprint density at radius 3 is 1.48 bits per heavy atom. The molecule has 0 aliphatic heterocycles. The molecule has 0 atom stereocenters. The van der Waals surface area contributed by atoms with Gasteiger partial charge < -0.3 is 4.74 Å². The molecular weight excluding hydrogens is 412 g/mol. The molecule has 178 valence electrons. The van der Waals surface area contributed by atoms with E-state index in [1.807, 2.05) is 0 Å². The van der Waals surface area contributed by atoms with Crippen molar-refractivity contribution in [1.82, 2.24) is 0 Å². The van der Waals surface area contributed by atoms with Crippen molar-refractivity contribution >= 4 is 16.1 Å². The number of benzene rings is 1. The molecule has 0 aromatic heterocycles. The molecule has 0 radical (unpaired) electrons. The summed E-state index contributed by atoms with van der Waals surface area (Å²) < 4.78 is 36.1. The van der Waals surface area contributed by atoms with E-state index in [1.54, 1.807) is 0 Å². The van der Waals surface area contributed by atoms with Crippen LogP contribution in [0.1, 0.15) is 116 Å². The minimum absolute atomic E-state index is 0.217. The first-order valence-corrected chi connectivity index (χ1v) is 13.7. The van der Waals surface area contributed by atoms with E-state index in [0.717, 1.165) is 19.3 Å². The second-order valence-electron chi connectivity index (χ2n) is 8.47. The first kappa shape index (κ1) is 27.6. The van der Waals surface area contributed by atoms with Crippen LogP contribution in [-0.4, -0.2) is 18.9 Å². The van der Waals surface area contributed by atoms with Crippen molar-refractivity contribution < 1.29 is 22.5 Å². The van der Waals surface area contributed by atoms with Crippen LogP contribution >= 0.6 is 0 Å². The fraction of sp³-hybridized carbons (Fsp3) is 0.720. The van der Waals surface area contributed by atoms with Crippen LogP contribution in [0.2, 0.25) is 0 Å². The third-order valence-electron chi connectivity index (χ3n) is 5.59. The SMILES string of the molecule is CCCCCCCCCCCCCCCCCCC(=O)Oc1ccc(S(=O)(=O)O)cc1. The van der Waals surface area contributed by atoms with Crippen LogP contribution in [0.4, 0.5) is 0 Å². The molecule has 0 heterocycles. The lowest BCUT2D eigenvalue weighted by Gasteiger charge is -2.05. The zero-order chi connectivity index (χ0) is 22.8. The van der Waals surface area contributed by atoms with Crippen LogP contribution in [0.5, 0.6) is 5.75 Å². The third kappa shape index (κ3) is 15.1. The number of esters is 1. The average Bonchev–Trinajstić information content (AvgIpc) is 2.73. The lowest BCUT2D eigenvalue weighted by atomic mass is 10.0. The summed E-state index contributed by atoms with van der Waals surface area (Å²) in [4.78, 5) is 11.6. The van der Waals surface area contributed by atoms with Gasteiger partial charge in [-0.3, -0.25) is 9.35 Å². The van der Waals surface area contributed by atoms with Crippen molar-refractivity contribution in [3.63, 3.8) is 0 Å². The maximum Gasteiger partial charge on any atom is 0.311 e. The predicted octanol–water partition coefficient (Wildman–Crippen LogP) is 7.49. The van der Waals surface area contributed by atoms with Crippen LogP contribution in [0, 0.1) is 0 Å². The number of carbonyl (C=O) groups is 1. The Morgan fingerprint density at radius 1 is 0.710 bits per heavy atom. The third-order valence-corrected chi connectivity index (χ3v) is 6.46. The van der Waals surface area contributed by atoms with Crippen molar-refractivity contribution in [3.05, 3.63) is 24.3 Å². The largest absolute Gasteiger partial charge is 0.427 e. The predicted molar refractivity (Wildman–Crippen MR) is 126 cm³/mol. The standard InChI is InChI=1S/C25H42O5S/c1-2-3-4-5-6-7-8-9-10-11-12-13-14-15-16-17-18-25(26)30-23-19-21-24(22-20-23)31(27,28)29/h19-22H,2-18H2,1H3,(H,27,28,29). The molecule has 1 rings (SSSR count). The van der Waals surface area contributed by atoms with Gasteiger partial charge in [0.15, 0.2) is 0 Å². The second-order valence-corrected chi connectivity index (χ2v) is 9.90. The van der Waals surface area contributed by atoms with Gasteiger partial charge >= 0.3 is 5.97 Å². The van der Waals surface area contributed by atoms with E-state index in [9.17, 15) is 13.2 Å². The van der Waals surface area contributed by atoms with E-state index in [0.29, 0.717) is 6.42 Å². The van der Waals surface area contributed by atoms with Gasteiger partial charge in [0, 0.05) is 6.42 Å². The monoisotopic (exact) mass is 454 g/mol. The Labute approximate surface area is 189 Å². The minimum Gasteiger partial charge on any atom is -0.427 e. The van der Waals surface area contributed by atoms with E-state index >= 15 is 0 Å². The van der Waals surface area contributed by atoms with E-state index < -0.39 is 10.1 Å². The topological polar surface area (TPSA) is 80.7 Å². The Balaban J connectivity index is 1.90. The number of hydrogen-bond donors (Lipinski definition) is 1. The molecule has 5 nitrogen and oxygen atoms in total. The Bertz CT molecular complexity index is 682. The zero-order valence-electron chi connectivity index (χ0n) is 19.3. The molecule has 0 amide bonds. The van der Waals surface area contributed by atoms with Gasteiger partial charge in [0.05, 0.1) is 4.90 Å². The molecule has 1 aromatic carbocycles. The molecule has 0 spiro atoms. The molecule has 0 aliphatic carbocycles. The summed E-state index contributed by atoms with van der Waals surface area (Å²) in [6.07, 6.45) is 21.0. The summed E-state index contributed by atoms with van der Waals surface area (Å²) in [5, 5.41) is 0. The Hall–Kier alpha value is -1.40. The van der Waals surface area contributed by atoms with Gasteiger partial charge in [-0.1, -0.05) is 103 Å². The summed E-state index contributed by atoms with van der Waals surface area (Å²) in [5.74, 6) is -0.0288. The van der Waals surface area contributed by atoms with Gasteiger partial charge in [-0.25, -0.2) is 0 Å². The lowest BCUT2D eigenvalue weighted by Crippen LogP contribution is -2.07. The van der Waals surface area contributed by atoms with Crippen LogP contribution in [0.3, 0.4) is 0 Å². The maximum absolute atomic E-state index is 11.9. The summed E-state index contributed by atoms with van der Waals surface area (Å²) in [5.41, 5.74) is 0. The summed E-state index contributed by atoms with van der Waals surface area (Å²) in [7, 11) is -4.23. The van der Waals surface area contributed by atoms with Crippen LogP contribution in [0.15, 0.2) is 29.2 Å². The molecule has 31 heavy (non-hydrogen) atoms. The highest BCUT2D eigenvalue weighted by atomic mass is 32.2. The fourth-order valence-electron chi connectivity index (χ4n) is 3.68. The lowest BCUT2D eigenvalue weighted by molar-refractivity contribution is -0.134. The zero-order valence-corrected chi connectivity index (χ0v) is 20.1. The molecule has 0 bridgehead atoms. The smallest absolute Gasteiger partial charge is 0.311 e. The normalized spacial score (nSPS) is 11.5. The number of ether oxygens (including phenoxy) is 1. The summed E-state index contributed by atoms with van der Waals surface area (Å²) >= 11 is 0. The maximum atomic E-state index is 11.9. The van der Waals surface area contributed by atoms with E-state index in [4.69, 9.17) is 9.29 Å². The number of hydrogen-bond acceptors (Lipinski definition) is 4. The van der Waals surface area contributed by atoms with E-state index in [-0.39, 0.29) is 16.6 Å². The number of rotatable bonds is 19. The molecule has 0 unspecified atom stereocenters. The molecule has 1 aromatic rings. The highest BCUT2D eigenvalue weighted by Gasteiger charge is 2.10. The van der Waals surface area contributed by atoms with Gasteiger partial charge in [-0.05, 0) is 30.7 Å². The minimum atomic E-state index is -4.23. The van der Waals surface area contributed by atoms with Crippen molar-refractivity contribution in [3.8, 4) is 5.75 Å². The van der Waals surface area contributed by atoms with Crippen LogP contribution in [-0.2, 0) is 14.9 Å².